The molecule has 0 aliphatic heterocycles. The molecule has 2 aromatic heterocycles. The van der Waals surface area contributed by atoms with Gasteiger partial charge in [0.05, 0.1) is 16.1 Å². The first-order valence-corrected chi connectivity index (χ1v) is 11.9. The molecule has 0 radical (unpaired) electrons. The summed E-state index contributed by atoms with van der Waals surface area (Å²) in [6, 6.07) is 19.4. The van der Waals surface area contributed by atoms with Crippen LogP contribution in [0.5, 0.6) is 5.75 Å². The van der Waals surface area contributed by atoms with Crippen molar-refractivity contribution >= 4 is 45.7 Å². The molecule has 0 unspecified atom stereocenters. The van der Waals surface area contributed by atoms with Crippen LogP contribution in [-0.4, -0.2) is 26.0 Å². The van der Waals surface area contributed by atoms with E-state index in [9.17, 15) is 20.0 Å². The zero-order valence-electron chi connectivity index (χ0n) is 19.9. The Morgan fingerprint density at radius 1 is 1.05 bits per heavy atom. The maximum Gasteiger partial charge on any atom is 0.293 e. The van der Waals surface area contributed by atoms with E-state index >= 15 is 0 Å². The number of benzene rings is 3. The second-order valence-electron chi connectivity index (χ2n) is 8.25. The minimum atomic E-state index is -0.647. The summed E-state index contributed by atoms with van der Waals surface area (Å²) < 4.78 is 11.3. The molecule has 0 aliphatic rings. The van der Waals surface area contributed by atoms with Gasteiger partial charge in [-0.25, -0.2) is 4.98 Å². The molecule has 38 heavy (non-hydrogen) atoms. The number of phenols is 1. The average molecular weight is 529 g/mol. The van der Waals surface area contributed by atoms with Gasteiger partial charge in [-0.05, 0) is 66.7 Å². The second-order valence-corrected chi connectivity index (χ2v) is 8.66. The van der Waals surface area contributed by atoms with Crippen molar-refractivity contribution in [3.63, 3.8) is 0 Å². The third kappa shape index (κ3) is 4.95. The van der Waals surface area contributed by atoms with E-state index in [1.165, 1.54) is 30.3 Å². The summed E-state index contributed by atoms with van der Waals surface area (Å²) >= 11 is 5.22. The molecule has 5 rings (SSSR count). The normalized spacial score (nSPS) is 10.9. The minimum Gasteiger partial charge on any atom is -0.507 e. The summed E-state index contributed by atoms with van der Waals surface area (Å²) in [7, 11) is 0. The first-order valence-electron chi connectivity index (χ1n) is 11.5. The summed E-state index contributed by atoms with van der Waals surface area (Å²) in [5, 5.41) is 27.1. The maximum atomic E-state index is 12.6. The van der Waals surface area contributed by atoms with Crippen molar-refractivity contribution in [3.8, 4) is 28.5 Å². The van der Waals surface area contributed by atoms with Crippen LogP contribution in [0.15, 0.2) is 81.6 Å². The van der Waals surface area contributed by atoms with E-state index in [4.69, 9.17) is 21.1 Å². The Bertz CT molecular complexity index is 1710. The van der Waals surface area contributed by atoms with Crippen LogP contribution in [0.1, 0.15) is 23.0 Å². The van der Waals surface area contributed by atoms with Gasteiger partial charge in [0.25, 0.3) is 11.6 Å². The highest BCUT2D eigenvalue weighted by Gasteiger charge is 2.20. The highest BCUT2D eigenvalue weighted by molar-refractivity contribution is 7.80. The van der Waals surface area contributed by atoms with Gasteiger partial charge in [0.2, 0.25) is 5.89 Å². The lowest BCUT2D eigenvalue weighted by Crippen LogP contribution is -2.33. The number of fused-ring (bicyclic) bond motifs is 1. The maximum absolute atomic E-state index is 12.6. The summed E-state index contributed by atoms with van der Waals surface area (Å²) in [5.74, 6) is -0.368. The van der Waals surface area contributed by atoms with Gasteiger partial charge >= 0.3 is 0 Å². The molecule has 0 fully saturated rings. The number of phenolic OH excluding ortho intramolecular Hbond substituents is 1. The number of nitro benzene ring substituents is 1. The number of aromatic nitrogens is 1. The lowest BCUT2D eigenvalue weighted by atomic mass is 10.1. The number of para-hydroxylation sites is 1. The highest BCUT2D eigenvalue weighted by atomic mass is 32.1. The molecule has 10 nitrogen and oxygen atoms in total. The lowest BCUT2D eigenvalue weighted by molar-refractivity contribution is -0.384. The number of aryl methyl sites for hydroxylation is 1. The SMILES string of the molecule is CCc1ccc2oc(-c3ccc(NC(=S)NC(=O)c4ccc(-c5ccccc5[N+](=O)[O-])o4)cc3O)nc2c1. The summed E-state index contributed by atoms with van der Waals surface area (Å²) in [5.41, 5.74) is 3.37. The average Bonchev–Trinajstić information content (AvgIpc) is 3.56. The van der Waals surface area contributed by atoms with Crippen molar-refractivity contribution in [2.75, 3.05) is 5.32 Å². The largest absolute Gasteiger partial charge is 0.507 e. The number of oxazole rings is 1. The second kappa shape index (κ2) is 10.1. The van der Waals surface area contributed by atoms with Crippen molar-refractivity contribution < 1.29 is 23.7 Å². The summed E-state index contributed by atoms with van der Waals surface area (Å²) in [6.45, 7) is 2.05. The summed E-state index contributed by atoms with van der Waals surface area (Å²) in [4.78, 5) is 27.8. The van der Waals surface area contributed by atoms with Gasteiger partial charge < -0.3 is 19.3 Å². The van der Waals surface area contributed by atoms with Crippen LogP contribution in [0, 0.1) is 10.1 Å². The van der Waals surface area contributed by atoms with E-state index in [1.54, 1.807) is 24.3 Å². The van der Waals surface area contributed by atoms with Gasteiger partial charge in [0, 0.05) is 17.8 Å². The van der Waals surface area contributed by atoms with Crippen molar-refractivity contribution in [3.05, 3.63) is 94.2 Å². The Hall–Kier alpha value is -5.03. The Balaban J connectivity index is 1.27. The molecule has 1 amide bonds. The van der Waals surface area contributed by atoms with Crippen molar-refractivity contribution in [1.82, 2.24) is 10.3 Å². The van der Waals surface area contributed by atoms with E-state index in [2.05, 4.69) is 22.5 Å². The molecule has 2 heterocycles. The number of amides is 1. The van der Waals surface area contributed by atoms with Crippen molar-refractivity contribution in [1.29, 1.82) is 0 Å². The first-order chi connectivity index (χ1) is 18.3. The number of furan rings is 1. The highest BCUT2D eigenvalue weighted by Crippen LogP contribution is 2.34. The number of nitrogens with zero attached hydrogens (tertiary/aromatic N) is 2. The van der Waals surface area contributed by atoms with Crippen molar-refractivity contribution in [2.45, 2.75) is 13.3 Å². The van der Waals surface area contributed by atoms with E-state index in [0.717, 1.165) is 12.0 Å². The van der Waals surface area contributed by atoms with Crippen LogP contribution in [0.2, 0.25) is 0 Å². The van der Waals surface area contributed by atoms with Crippen LogP contribution in [0.3, 0.4) is 0 Å². The van der Waals surface area contributed by atoms with Crippen LogP contribution >= 0.6 is 12.2 Å². The Kier molecular flexibility index (Phi) is 6.58. The number of hydrogen-bond acceptors (Lipinski definition) is 8. The Morgan fingerprint density at radius 2 is 1.87 bits per heavy atom. The molecule has 0 saturated carbocycles. The molecule has 0 atom stereocenters. The van der Waals surface area contributed by atoms with Gasteiger partial charge in [-0.15, -0.1) is 0 Å². The number of anilines is 1. The molecule has 0 bridgehead atoms. The van der Waals surface area contributed by atoms with E-state index in [1.807, 2.05) is 18.2 Å². The number of thiocarbonyl (C=S) groups is 1. The first kappa shape index (κ1) is 24.7. The quantitative estimate of drug-likeness (QED) is 0.136. The number of rotatable bonds is 6. The molecular weight excluding hydrogens is 508 g/mol. The predicted octanol–water partition coefficient (Wildman–Crippen LogP) is 6.06. The number of carbonyl (C=O) groups excluding carboxylic acids is 1. The van der Waals surface area contributed by atoms with E-state index < -0.39 is 10.8 Å². The number of aromatic hydroxyl groups is 1. The van der Waals surface area contributed by atoms with Gasteiger partial charge in [-0.1, -0.05) is 25.1 Å². The smallest absolute Gasteiger partial charge is 0.293 e. The molecule has 0 aliphatic carbocycles. The number of hydrogen-bond donors (Lipinski definition) is 3. The number of nitro groups is 1. The monoisotopic (exact) mass is 528 g/mol. The Morgan fingerprint density at radius 3 is 2.63 bits per heavy atom. The molecule has 5 aromatic rings. The number of nitrogens with one attached hydrogen (secondary N) is 2. The van der Waals surface area contributed by atoms with Gasteiger partial charge in [0.15, 0.2) is 16.5 Å². The Labute approximate surface area is 221 Å². The zero-order valence-corrected chi connectivity index (χ0v) is 20.7. The van der Waals surface area contributed by atoms with Crippen LogP contribution < -0.4 is 10.6 Å². The van der Waals surface area contributed by atoms with Crippen LogP contribution in [0.4, 0.5) is 11.4 Å². The number of carbonyl (C=O) groups is 1. The van der Waals surface area contributed by atoms with E-state index in [-0.39, 0.29) is 39.5 Å². The molecule has 190 valence electrons. The van der Waals surface area contributed by atoms with E-state index in [0.29, 0.717) is 22.4 Å². The van der Waals surface area contributed by atoms with Crippen LogP contribution in [-0.2, 0) is 6.42 Å². The molecule has 0 saturated heterocycles. The molecular formula is C27H20N4O6S. The van der Waals surface area contributed by atoms with Gasteiger partial charge in [-0.2, -0.15) is 0 Å². The fourth-order valence-corrected chi connectivity index (χ4v) is 4.08. The fraction of sp³-hybridized carbons (Fsp3) is 0.0741. The zero-order chi connectivity index (χ0) is 26.8. The standard InChI is InChI=1S/C27H20N4O6S/c1-2-15-7-10-23-19(13-15)29-26(37-23)18-9-8-16(14-21(18)32)28-27(38)30-25(33)24-12-11-22(36-24)17-5-3-4-6-20(17)31(34)35/h3-14,32H,2H2,1H3,(H2,28,30,33,38). The fourth-order valence-electron chi connectivity index (χ4n) is 3.87. The van der Waals surface area contributed by atoms with Crippen LogP contribution in [0.25, 0.3) is 33.9 Å². The molecule has 3 N–H and O–H groups in total. The third-order valence-electron chi connectivity index (χ3n) is 5.77. The topological polar surface area (TPSA) is 144 Å². The summed E-state index contributed by atoms with van der Waals surface area (Å²) in [6.07, 6.45) is 0.872. The van der Waals surface area contributed by atoms with Gasteiger partial charge in [0.1, 0.15) is 17.0 Å². The molecule has 11 heteroatoms. The van der Waals surface area contributed by atoms with Gasteiger partial charge in [-0.3, -0.25) is 20.2 Å². The minimum absolute atomic E-state index is 0.0419. The van der Waals surface area contributed by atoms with Crippen molar-refractivity contribution in [2.24, 2.45) is 0 Å². The third-order valence-corrected chi connectivity index (χ3v) is 5.97. The molecule has 0 spiro atoms. The molecule has 3 aromatic carbocycles. The lowest BCUT2D eigenvalue weighted by Gasteiger charge is -2.10. The predicted molar refractivity (Wildman–Crippen MR) is 145 cm³/mol.